The van der Waals surface area contributed by atoms with E-state index in [1.807, 2.05) is 47.2 Å². The first-order chi connectivity index (χ1) is 24.9. The number of hydrogen-bond acceptors (Lipinski definition) is 10. The van der Waals surface area contributed by atoms with Crippen LogP contribution < -0.4 is 16.1 Å². The van der Waals surface area contributed by atoms with Gasteiger partial charge >= 0.3 is 12.0 Å². The number of likely N-dealkylation sites (tertiary alicyclic amines) is 1. The third-order valence-corrected chi connectivity index (χ3v) is 10.3. The molecular weight excluding hydrogens is 669 g/mol. The summed E-state index contributed by atoms with van der Waals surface area (Å²) in [5.74, 6) is -0.948. The third-order valence-electron chi connectivity index (χ3n) is 9.42. The quantitative estimate of drug-likeness (QED) is 0.179. The van der Waals surface area contributed by atoms with Crippen LogP contribution in [0.3, 0.4) is 0 Å². The molecule has 51 heavy (non-hydrogen) atoms. The molecule has 13 nitrogen and oxygen atoms in total. The Morgan fingerprint density at radius 1 is 1.00 bits per heavy atom. The molecule has 0 unspecified atom stereocenters. The molecule has 2 aliphatic heterocycles. The molecule has 0 radical (unpaired) electrons. The van der Waals surface area contributed by atoms with E-state index in [0.717, 1.165) is 76.6 Å². The molecule has 2 aliphatic rings. The van der Waals surface area contributed by atoms with E-state index in [-0.39, 0.29) is 23.0 Å². The van der Waals surface area contributed by atoms with Crippen LogP contribution in [0.25, 0.3) is 44.0 Å². The summed E-state index contributed by atoms with van der Waals surface area (Å²) in [5, 5.41) is 18.5. The summed E-state index contributed by atoms with van der Waals surface area (Å²) in [5.41, 5.74) is 3.18. The summed E-state index contributed by atoms with van der Waals surface area (Å²) < 4.78 is 7.43. The van der Waals surface area contributed by atoms with Crippen molar-refractivity contribution in [1.82, 2.24) is 34.6 Å². The van der Waals surface area contributed by atoms with Crippen LogP contribution in [0.15, 0.2) is 71.2 Å². The van der Waals surface area contributed by atoms with Gasteiger partial charge in [-0.2, -0.15) is 0 Å². The first kappa shape index (κ1) is 34.4. The highest BCUT2D eigenvalue weighted by molar-refractivity contribution is 7.13. The van der Waals surface area contributed by atoms with Crippen molar-refractivity contribution in [1.29, 1.82) is 0 Å². The molecule has 4 aromatic heterocycles. The van der Waals surface area contributed by atoms with Gasteiger partial charge in [-0.25, -0.2) is 19.6 Å². The molecule has 1 atom stereocenters. The van der Waals surface area contributed by atoms with Gasteiger partial charge in [0.15, 0.2) is 0 Å². The number of pyridine rings is 3. The lowest BCUT2D eigenvalue weighted by Gasteiger charge is -2.36. The first-order valence-electron chi connectivity index (χ1n) is 17.2. The number of carbonyl (C=O) groups is 2. The number of thiazole rings is 1. The minimum atomic E-state index is -1.27. The van der Waals surface area contributed by atoms with Crippen molar-refractivity contribution in [2.45, 2.75) is 25.8 Å². The van der Waals surface area contributed by atoms with Crippen LogP contribution >= 0.6 is 11.3 Å². The predicted molar refractivity (Wildman–Crippen MR) is 197 cm³/mol. The number of carboxylic acid groups (broad SMARTS) is 1. The smallest absolute Gasteiger partial charge is 0.341 e. The Bertz CT molecular complexity index is 2100. The topological polar surface area (TPSA) is 155 Å². The van der Waals surface area contributed by atoms with E-state index in [1.54, 1.807) is 24.5 Å². The summed E-state index contributed by atoms with van der Waals surface area (Å²) in [4.78, 5) is 57.6. The molecule has 0 bridgehead atoms. The Morgan fingerprint density at radius 3 is 2.59 bits per heavy atom. The van der Waals surface area contributed by atoms with Crippen LogP contribution in [0, 0.1) is 0 Å². The van der Waals surface area contributed by atoms with E-state index in [4.69, 9.17) is 14.7 Å². The van der Waals surface area contributed by atoms with Crippen LogP contribution in [-0.4, -0.2) is 105 Å². The highest BCUT2D eigenvalue weighted by Crippen LogP contribution is 2.37. The molecule has 2 fully saturated rings. The van der Waals surface area contributed by atoms with Gasteiger partial charge < -0.3 is 24.6 Å². The van der Waals surface area contributed by atoms with Crippen LogP contribution in [0.4, 0.5) is 10.6 Å². The number of carboxylic acids is 1. The van der Waals surface area contributed by atoms with E-state index in [2.05, 4.69) is 25.4 Å². The zero-order chi connectivity index (χ0) is 35.3. The zero-order valence-electron chi connectivity index (χ0n) is 28.4. The van der Waals surface area contributed by atoms with Gasteiger partial charge in [-0.05, 0) is 38.4 Å². The summed E-state index contributed by atoms with van der Waals surface area (Å²) in [6, 6.07) is 12.8. The van der Waals surface area contributed by atoms with Crippen molar-refractivity contribution < 1.29 is 19.4 Å². The molecule has 1 aromatic carbocycles. The molecule has 0 saturated carbocycles. The van der Waals surface area contributed by atoms with Gasteiger partial charge in [0.05, 0.1) is 41.7 Å². The Labute approximate surface area is 298 Å². The fraction of sp³-hybridized carbons (Fsp3) is 0.351. The number of aromatic nitrogens is 4. The molecule has 7 rings (SSSR count). The molecule has 14 heteroatoms. The molecule has 2 saturated heterocycles. The molecule has 0 spiro atoms. The number of hydrogen-bond donors (Lipinski definition) is 3. The number of amides is 2. The Balaban J connectivity index is 1.27. The highest BCUT2D eigenvalue weighted by Gasteiger charge is 2.26. The normalized spacial score (nSPS) is 17.0. The van der Waals surface area contributed by atoms with E-state index < -0.39 is 11.4 Å². The van der Waals surface area contributed by atoms with Gasteiger partial charge in [-0.1, -0.05) is 30.3 Å². The number of urea groups is 1. The van der Waals surface area contributed by atoms with Gasteiger partial charge in [0.1, 0.15) is 16.4 Å². The lowest BCUT2D eigenvalue weighted by molar-refractivity contribution is 0.0311. The van der Waals surface area contributed by atoms with Crippen LogP contribution in [-0.2, 0) is 4.74 Å². The van der Waals surface area contributed by atoms with Crippen molar-refractivity contribution >= 4 is 40.1 Å². The standard InChI is InChI=1S/C37H40N8O5S/c1-2-38-37(49)42-33-18-26(35-41-31(23-51-35)24-7-4-3-5-8-24)28(19-40-33)30-17-27-32(20-39-30)45(22-29(34(27)46)36(47)48)25-9-6-10-44(21-25)12-11-43-13-15-50-16-14-43/h3-5,7-8,17-20,22-23,25H,2,6,9-16,21H2,1H3,(H,47,48)(H2,38,40,42,49)/t25-/m1/s1. The van der Waals surface area contributed by atoms with E-state index >= 15 is 0 Å². The highest BCUT2D eigenvalue weighted by atomic mass is 32.1. The number of nitrogens with zero attached hydrogens (tertiary/aromatic N) is 6. The summed E-state index contributed by atoms with van der Waals surface area (Å²) in [6.07, 6.45) is 6.56. The second kappa shape index (κ2) is 15.5. The average Bonchev–Trinajstić information content (AvgIpc) is 3.66. The number of aromatic carboxylic acids is 1. The van der Waals surface area contributed by atoms with Crippen LogP contribution in [0.2, 0.25) is 0 Å². The zero-order valence-corrected chi connectivity index (χ0v) is 29.2. The predicted octanol–water partition coefficient (Wildman–Crippen LogP) is 5.06. The molecule has 6 heterocycles. The second-order valence-electron chi connectivity index (χ2n) is 12.7. The number of morpholine rings is 1. The van der Waals surface area contributed by atoms with Gasteiger partial charge in [0.2, 0.25) is 5.43 Å². The third kappa shape index (κ3) is 7.69. The maximum atomic E-state index is 13.8. The minimum absolute atomic E-state index is 0.0270. The molecule has 264 valence electrons. The lowest BCUT2D eigenvalue weighted by Crippen LogP contribution is -2.44. The van der Waals surface area contributed by atoms with E-state index in [0.29, 0.717) is 39.7 Å². The lowest BCUT2D eigenvalue weighted by atomic mass is 10.0. The van der Waals surface area contributed by atoms with Crippen molar-refractivity contribution in [2.24, 2.45) is 0 Å². The Morgan fingerprint density at radius 2 is 1.80 bits per heavy atom. The molecule has 2 amide bonds. The first-order valence-corrected chi connectivity index (χ1v) is 18.1. The molecular formula is C37H40N8O5S. The Kier molecular flexibility index (Phi) is 10.4. The number of benzene rings is 1. The number of piperidine rings is 1. The van der Waals surface area contributed by atoms with Crippen molar-refractivity contribution in [2.75, 3.05) is 64.3 Å². The molecule has 0 aliphatic carbocycles. The molecule has 5 aromatic rings. The maximum absolute atomic E-state index is 13.8. The van der Waals surface area contributed by atoms with Crippen LogP contribution in [0.5, 0.6) is 0 Å². The number of fused-ring (bicyclic) bond motifs is 1. The number of ether oxygens (including phenoxy) is 1. The molecule has 3 N–H and O–H groups in total. The fourth-order valence-corrected chi connectivity index (χ4v) is 7.64. The number of nitrogens with one attached hydrogen (secondary N) is 2. The number of anilines is 1. The fourth-order valence-electron chi connectivity index (χ4n) is 6.78. The van der Waals surface area contributed by atoms with Gasteiger partial charge in [0, 0.05) is 79.8 Å². The summed E-state index contributed by atoms with van der Waals surface area (Å²) in [6.45, 7) is 9.22. The number of carbonyl (C=O) groups excluding carboxylic acids is 1. The van der Waals surface area contributed by atoms with Crippen molar-refractivity contribution in [3.63, 3.8) is 0 Å². The van der Waals surface area contributed by atoms with Crippen LogP contribution in [0.1, 0.15) is 36.2 Å². The van der Waals surface area contributed by atoms with Crippen molar-refractivity contribution in [3.8, 4) is 33.1 Å². The van der Waals surface area contributed by atoms with E-state index in [1.165, 1.54) is 17.5 Å². The van der Waals surface area contributed by atoms with Gasteiger partial charge in [0.25, 0.3) is 0 Å². The number of rotatable bonds is 10. The average molecular weight is 709 g/mol. The summed E-state index contributed by atoms with van der Waals surface area (Å²) >= 11 is 1.44. The Hall–Kier alpha value is -5.02. The van der Waals surface area contributed by atoms with Gasteiger partial charge in [-0.3, -0.25) is 20.0 Å². The maximum Gasteiger partial charge on any atom is 0.341 e. The summed E-state index contributed by atoms with van der Waals surface area (Å²) in [7, 11) is 0. The van der Waals surface area contributed by atoms with Crippen molar-refractivity contribution in [3.05, 3.63) is 82.2 Å². The second-order valence-corrected chi connectivity index (χ2v) is 13.6. The monoisotopic (exact) mass is 708 g/mol. The minimum Gasteiger partial charge on any atom is -0.477 e. The SMILES string of the molecule is CCNC(=O)Nc1cc(-c2nc(-c3ccccc3)cs2)c(-c2cc3c(=O)c(C(=O)O)cn([C@@H]4CCCN(CCN5CCOCC5)C4)c3cn2)cn1. The largest absolute Gasteiger partial charge is 0.477 e. The van der Waals surface area contributed by atoms with E-state index in [9.17, 15) is 19.5 Å². The van der Waals surface area contributed by atoms with Gasteiger partial charge in [-0.15, -0.1) is 11.3 Å².